The van der Waals surface area contributed by atoms with E-state index in [2.05, 4.69) is 39.6 Å². The summed E-state index contributed by atoms with van der Waals surface area (Å²) in [5.41, 5.74) is 0. The van der Waals surface area contributed by atoms with Gasteiger partial charge in [0.25, 0.3) is 0 Å². The van der Waals surface area contributed by atoms with E-state index < -0.39 is 0 Å². The Morgan fingerprint density at radius 2 is 2.13 bits per heavy atom. The zero-order valence-electron chi connectivity index (χ0n) is 18.6. The van der Waals surface area contributed by atoms with E-state index in [1.54, 1.807) is 7.11 Å². The maximum Gasteiger partial charge on any atom is 0.193 e. The van der Waals surface area contributed by atoms with Crippen LogP contribution in [0.25, 0.3) is 0 Å². The molecule has 8 heteroatoms. The van der Waals surface area contributed by atoms with Gasteiger partial charge in [0.15, 0.2) is 5.96 Å². The van der Waals surface area contributed by atoms with Crippen LogP contribution in [0.3, 0.4) is 0 Å². The van der Waals surface area contributed by atoms with E-state index in [4.69, 9.17) is 14.5 Å². The number of thiophene rings is 1. The molecule has 0 amide bonds. The molecule has 3 heterocycles. The van der Waals surface area contributed by atoms with Gasteiger partial charge in [0, 0.05) is 57.2 Å². The minimum Gasteiger partial charge on any atom is -0.382 e. The predicted octanol–water partition coefficient (Wildman–Crippen LogP) is 3.53. The monoisotopic (exact) mass is 550 g/mol. The highest BCUT2D eigenvalue weighted by Crippen LogP contribution is 2.21. The first-order valence-electron chi connectivity index (χ1n) is 11.1. The normalized spacial score (nSPS) is 22.9. The summed E-state index contributed by atoms with van der Waals surface area (Å²) in [6, 6.07) is 4.40. The molecule has 3 rings (SSSR count). The summed E-state index contributed by atoms with van der Waals surface area (Å²) in [6.07, 6.45) is 3.75. The number of hydrogen-bond donors (Lipinski definition) is 1. The van der Waals surface area contributed by atoms with Crippen molar-refractivity contribution in [2.45, 2.75) is 32.7 Å². The van der Waals surface area contributed by atoms with E-state index in [0.717, 1.165) is 51.8 Å². The number of methoxy groups -OCH3 is 1. The van der Waals surface area contributed by atoms with Gasteiger partial charge in [0.2, 0.25) is 0 Å². The molecule has 2 unspecified atom stereocenters. The first-order valence-corrected chi connectivity index (χ1v) is 12.0. The molecule has 2 aliphatic heterocycles. The van der Waals surface area contributed by atoms with Gasteiger partial charge in [0.1, 0.15) is 0 Å². The Morgan fingerprint density at radius 1 is 1.23 bits per heavy atom. The number of aliphatic imine (C=N–C) groups is 1. The van der Waals surface area contributed by atoms with Gasteiger partial charge in [0.05, 0.1) is 19.8 Å². The number of hydrogen-bond acceptors (Lipinski definition) is 5. The first kappa shape index (κ1) is 25.8. The number of rotatable bonds is 10. The van der Waals surface area contributed by atoms with Crippen LogP contribution in [-0.2, 0) is 16.0 Å². The third-order valence-electron chi connectivity index (χ3n) is 5.77. The molecule has 2 aliphatic rings. The topological polar surface area (TPSA) is 49.3 Å². The molecule has 2 fully saturated rings. The molecule has 1 aromatic rings. The van der Waals surface area contributed by atoms with E-state index in [9.17, 15) is 0 Å². The van der Waals surface area contributed by atoms with Crippen molar-refractivity contribution in [2.75, 3.05) is 66.2 Å². The van der Waals surface area contributed by atoms with E-state index >= 15 is 0 Å². The number of guanidine groups is 1. The Morgan fingerprint density at radius 3 is 2.90 bits per heavy atom. The lowest BCUT2D eigenvalue weighted by molar-refractivity contribution is 0.0536. The fraction of sp³-hybridized carbons (Fsp3) is 0.773. The zero-order valence-corrected chi connectivity index (χ0v) is 21.7. The van der Waals surface area contributed by atoms with Crippen molar-refractivity contribution in [1.82, 2.24) is 15.1 Å². The lowest BCUT2D eigenvalue weighted by Crippen LogP contribution is -2.41. The highest BCUT2D eigenvalue weighted by molar-refractivity contribution is 14.0. The minimum absolute atomic E-state index is 0. The second-order valence-electron chi connectivity index (χ2n) is 8.19. The lowest BCUT2D eigenvalue weighted by atomic mass is 9.98. The van der Waals surface area contributed by atoms with Crippen molar-refractivity contribution < 1.29 is 9.47 Å². The largest absolute Gasteiger partial charge is 0.382 e. The Hall–Kier alpha value is -0.420. The average Bonchev–Trinajstić information content (AvgIpc) is 3.41. The number of nitrogens with one attached hydrogen (secondary N) is 1. The summed E-state index contributed by atoms with van der Waals surface area (Å²) in [4.78, 5) is 11.5. The van der Waals surface area contributed by atoms with E-state index in [1.807, 2.05) is 11.3 Å². The molecule has 0 aromatic carbocycles. The molecule has 1 aromatic heterocycles. The zero-order chi connectivity index (χ0) is 20.3. The van der Waals surface area contributed by atoms with Crippen molar-refractivity contribution in [3.8, 4) is 0 Å². The molecule has 6 nitrogen and oxygen atoms in total. The van der Waals surface area contributed by atoms with Crippen LogP contribution < -0.4 is 5.32 Å². The molecule has 1 N–H and O–H groups in total. The molecule has 0 aliphatic carbocycles. The van der Waals surface area contributed by atoms with Gasteiger partial charge in [-0.2, -0.15) is 0 Å². The number of nitrogens with zero attached hydrogens (tertiary/aromatic N) is 3. The molecule has 0 spiro atoms. The van der Waals surface area contributed by atoms with Crippen molar-refractivity contribution in [3.63, 3.8) is 0 Å². The Labute approximate surface area is 203 Å². The number of ether oxygens (including phenoxy) is 2. The maximum absolute atomic E-state index is 5.74. The third-order valence-corrected chi connectivity index (χ3v) is 6.63. The van der Waals surface area contributed by atoms with Crippen LogP contribution in [0.1, 0.15) is 31.1 Å². The number of halogens is 1. The highest BCUT2D eigenvalue weighted by Gasteiger charge is 2.26. The van der Waals surface area contributed by atoms with Crippen LogP contribution in [-0.4, -0.2) is 82.0 Å². The number of piperidine rings is 1. The lowest BCUT2D eigenvalue weighted by Gasteiger charge is -2.32. The van der Waals surface area contributed by atoms with Crippen molar-refractivity contribution in [3.05, 3.63) is 22.4 Å². The van der Waals surface area contributed by atoms with Gasteiger partial charge in [-0.05, 0) is 50.1 Å². The van der Waals surface area contributed by atoms with Crippen molar-refractivity contribution in [2.24, 2.45) is 16.8 Å². The Bertz CT molecular complexity index is 602. The van der Waals surface area contributed by atoms with Gasteiger partial charge in [-0.3, -0.25) is 9.89 Å². The third kappa shape index (κ3) is 8.61. The van der Waals surface area contributed by atoms with Gasteiger partial charge < -0.3 is 19.7 Å². The number of likely N-dealkylation sites (tertiary alicyclic amines) is 2. The molecule has 172 valence electrons. The van der Waals surface area contributed by atoms with Crippen LogP contribution in [0.5, 0.6) is 0 Å². The molecular formula is C22H39IN4O2S. The SMILES string of the molecule is CCNC(=NCC1CCCN(Cc2cccs2)C1)N1CCC(COCCOC)C1.I. The van der Waals surface area contributed by atoms with Crippen molar-refractivity contribution in [1.29, 1.82) is 0 Å². The molecule has 30 heavy (non-hydrogen) atoms. The van der Waals surface area contributed by atoms with Crippen LogP contribution in [0.4, 0.5) is 0 Å². The van der Waals surface area contributed by atoms with Crippen molar-refractivity contribution >= 4 is 41.3 Å². The van der Waals surface area contributed by atoms with Crippen LogP contribution in [0, 0.1) is 11.8 Å². The van der Waals surface area contributed by atoms with Gasteiger partial charge in [-0.1, -0.05) is 6.07 Å². The standard InChI is InChI=1S/C22H38N4O2S.HI/c1-3-23-22(26-10-8-20(16-26)18-28-12-11-27-2)24-14-19-6-4-9-25(15-19)17-21-7-5-13-29-21;/h5,7,13,19-20H,3-4,6,8-12,14-18H2,1-2H3,(H,23,24);1H. The quantitative estimate of drug-likeness (QED) is 0.209. The summed E-state index contributed by atoms with van der Waals surface area (Å²) in [6.45, 7) is 11.7. The fourth-order valence-corrected chi connectivity index (χ4v) is 5.01. The molecule has 2 saturated heterocycles. The second-order valence-corrected chi connectivity index (χ2v) is 9.22. The highest BCUT2D eigenvalue weighted by atomic mass is 127. The molecule has 0 bridgehead atoms. The van der Waals surface area contributed by atoms with Crippen LogP contribution >= 0.6 is 35.3 Å². The molecular weight excluding hydrogens is 511 g/mol. The summed E-state index contributed by atoms with van der Waals surface area (Å²) < 4.78 is 10.8. The summed E-state index contributed by atoms with van der Waals surface area (Å²) in [7, 11) is 1.72. The van der Waals surface area contributed by atoms with Crippen LogP contribution in [0.15, 0.2) is 22.5 Å². The van der Waals surface area contributed by atoms with E-state index in [0.29, 0.717) is 25.0 Å². The minimum atomic E-state index is 0. The molecule has 0 radical (unpaired) electrons. The Kier molecular flexibility index (Phi) is 12.6. The first-order chi connectivity index (χ1) is 14.3. The Balaban J connectivity index is 0.00000320. The summed E-state index contributed by atoms with van der Waals surface area (Å²) in [5.74, 6) is 2.34. The van der Waals surface area contributed by atoms with E-state index in [-0.39, 0.29) is 24.0 Å². The summed E-state index contributed by atoms with van der Waals surface area (Å²) in [5, 5.41) is 5.69. The molecule has 0 saturated carbocycles. The molecule has 2 atom stereocenters. The summed E-state index contributed by atoms with van der Waals surface area (Å²) >= 11 is 1.86. The van der Waals surface area contributed by atoms with Gasteiger partial charge in [-0.25, -0.2) is 0 Å². The van der Waals surface area contributed by atoms with Crippen LogP contribution in [0.2, 0.25) is 0 Å². The maximum atomic E-state index is 5.74. The average molecular weight is 551 g/mol. The predicted molar refractivity (Wildman–Crippen MR) is 136 cm³/mol. The fourth-order valence-electron chi connectivity index (χ4n) is 4.26. The smallest absolute Gasteiger partial charge is 0.193 e. The van der Waals surface area contributed by atoms with Gasteiger partial charge in [-0.15, -0.1) is 35.3 Å². The van der Waals surface area contributed by atoms with Gasteiger partial charge >= 0.3 is 0 Å². The second kappa shape index (κ2) is 14.6. The van der Waals surface area contributed by atoms with E-state index in [1.165, 1.54) is 30.7 Å².